The lowest BCUT2D eigenvalue weighted by molar-refractivity contribution is 0.563. The molecule has 0 saturated carbocycles. The summed E-state index contributed by atoms with van der Waals surface area (Å²) >= 11 is 13.3. The molecule has 0 aliphatic rings. The van der Waals surface area contributed by atoms with E-state index in [1.165, 1.54) is 17.5 Å². The Morgan fingerprint density at radius 1 is 1.21 bits per heavy atom. The zero-order chi connectivity index (χ0) is 20.4. The fraction of sp³-hybridized carbons (Fsp3) is 0. The molecule has 0 spiro atoms. The van der Waals surface area contributed by atoms with Crippen molar-refractivity contribution < 1.29 is 4.42 Å². The van der Waals surface area contributed by atoms with Gasteiger partial charge in [0.05, 0.1) is 22.0 Å². The fourth-order valence-corrected chi connectivity index (χ4v) is 3.91. The number of nitriles is 1. The van der Waals surface area contributed by atoms with Crippen LogP contribution in [0.3, 0.4) is 0 Å². The molecule has 2 aromatic heterocycles. The molecular weight excluding hydrogens is 429 g/mol. The van der Waals surface area contributed by atoms with Crippen LogP contribution in [0, 0.1) is 11.3 Å². The molecule has 1 N–H and O–H groups in total. The smallest absolute Gasteiger partial charge is 0.345 e. The number of anilines is 1. The molecule has 5 nitrogen and oxygen atoms in total. The number of rotatable bonds is 4. The van der Waals surface area contributed by atoms with Crippen LogP contribution in [0.2, 0.25) is 10.0 Å². The predicted molar refractivity (Wildman–Crippen MR) is 117 cm³/mol. The molecule has 4 rings (SSSR count). The van der Waals surface area contributed by atoms with Gasteiger partial charge in [-0.05, 0) is 30.3 Å². The van der Waals surface area contributed by atoms with Crippen LogP contribution in [0.4, 0.5) is 5.69 Å². The van der Waals surface area contributed by atoms with Crippen LogP contribution in [0.5, 0.6) is 0 Å². The standard InChI is InChI=1S/C21H11Cl2N3O2S/c22-14-5-6-17(16(23)8-14)25-10-13(9-24)20-26-18(11-29-20)15-7-12-3-1-2-4-19(12)28-21(15)27/h1-8,10-11,25H/b13-10+. The van der Waals surface area contributed by atoms with E-state index in [1.54, 1.807) is 41.8 Å². The number of benzene rings is 2. The minimum Gasteiger partial charge on any atom is -0.422 e. The average Bonchev–Trinajstić information content (AvgIpc) is 3.19. The molecule has 0 amide bonds. The van der Waals surface area contributed by atoms with Crippen LogP contribution >= 0.6 is 34.5 Å². The van der Waals surface area contributed by atoms with Gasteiger partial charge in [-0.3, -0.25) is 0 Å². The van der Waals surface area contributed by atoms with Crippen molar-refractivity contribution in [1.29, 1.82) is 5.26 Å². The summed E-state index contributed by atoms with van der Waals surface area (Å²) in [4.78, 5) is 16.8. The summed E-state index contributed by atoms with van der Waals surface area (Å²) in [6.45, 7) is 0. The Kier molecular flexibility index (Phi) is 5.36. The van der Waals surface area contributed by atoms with Gasteiger partial charge in [-0.15, -0.1) is 11.3 Å². The van der Waals surface area contributed by atoms with Crippen molar-refractivity contribution in [2.45, 2.75) is 0 Å². The zero-order valence-electron chi connectivity index (χ0n) is 14.6. The maximum absolute atomic E-state index is 12.3. The predicted octanol–water partition coefficient (Wildman–Crippen LogP) is 6.20. The van der Waals surface area contributed by atoms with Gasteiger partial charge in [0.2, 0.25) is 0 Å². The van der Waals surface area contributed by atoms with Gasteiger partial charge in [0.25, 0.3) is 0 Å². The lowest BCUT2D eigenvalue weighted by Gasteiger charge is -2.04. The van der Waals surface area contributed by atoms with E-state index in [2.05, 4.69) is 16.4 Å². The van der Waals surface area contributed by atoms with Gasteiger partial charge in [-0.2, -0.15) is 5.26 Å². The molecule has 2 aromatic carbocycles. The highest BCUT2D eigenvalue weighted by Crippen LogP contribution is 2.28. The lowest BCUT2D eigenvalue weighted by atomic mass is 10.1. The summed E-state index contributed by atoms with van der Waals surface area (Å²) < 4.78 is 5.36. The van der Waals surface area contributed by atoms with E-state index in [9.17, 15) is 10.1 Å². The lowest BCUT2D eigenvalue weighted by Crippen LogP contribution is -2.02. The minimum atomic E-state index is -0.478. The number of thiazole rings is 1. The molecule has 2 heterocycles. The molecule has 0 bridgehead atoms. The summed E-state index contributed by atoms with van der Waals surface area (Å²) in [5.74, 6) is 0. The molecule has 29 heavy (non-hydrogen) atoms. The second-order valence-corrected chi connectivity index (χ2v) is 7.66. The van der Waals surface area contributed by atoms with Gasteiger partial charge < -0.3 is 9.73 Å². The van der Waals surface area contributed by atoms with Crippen molar-refractivity contribution in [2.75, 3.05) is 5.32 Å². The third-order valence-corrected chi connectivity index (χ3v) is 5.50. The van der Waals surface area contributed by atoms with Crippen LogP contribution in [0.25, 0.3) is 27.8 Å². The number of fused-ring (bicyclic) bond motifs is 1. The second kappa shape index (κ2) is 8.10. The third-order valence-electron chi connectivity index (χ3n) is 4.08. The normalized spacial score (nSPS) is 11.4. The SMILES string of the molecule is N#C/C(=C\Nc1ccc(Cl)cc1Cl)c1nc(-c2cc3ccccc3oc2=O)cs1. The molecule has 0 aliphatic carbocycles. The molecular formula is C21H11Cl2N3O2S. The van der Waals surface area contributed by atoms with Gasteiger partial charge in [0.15, 0.2) is 0 Å². The second-order valence-electron chi connectivity index (χ2n) is 5.96. The first-order valence-electron chi connectivity index (χ1n) is 8.36. The first-order chi connectivity index (χ1) is 14.0. The highest BCUT2D eigenvalue weighted by Gasteiger charge is 2.14. The van der Waals surface area contributed by atoms with Crippen LogP contribution in [0.15, 0.2) is 69.3 Å². The van der Waals surface area contributed by atoms with E-state index in [0.717, 1.165) is 5.39 Å². The Balaban J connectivity index is 1.66. The Bertz CT molecular complexity index is 1350. The van der Waals surface area contributed by atoms with E-state index < -0.39 is 5.63 Å². The summed E-state index contributed by atoms with van der Waals surface area (Å²) in [6, 6.07) is 16.1. The number of allylic oxidation sites excluding steroid dienone is 1. The Morgan fingerprint density at radius 3 is 2.83 bits per heavy atom. The van der Waals surface area contributed by atoms with E-state index in [4.69, 9.17) is 27.6 Å². The summed E-state index contributed by atoms with van der Waals surface area (Å²) in [5, 5.41) is 16.4. The zero-order valence-corrected chi connectivity index (χ0v) is 17.0. The number of aromatic nitrogens is 1. The maximum Gasteiger partial charge on any atom is 0.345 e. The van der Waals surface area contributed by atoms with E-state index >= 15 is 0 Å². The molecule has 4 aromatic rings. The van der Waals surface area contributed by atoms with Crippen molar-refractivity contribution in [2.24, 2.45) is 0 Å². The van der Waals surface area contributed by atoms with Crippen LogP contribution in [-0.4, -0.2) is 4.98 Å². The van der Waals surface area contributed by atoms with Crippen molar-refractivity contribution in [3.63, 3.8) is 0 Å². The molecule has 0 fully saturated rings. The third kappa shape index (κ3) is 4.03. The summed E-state index contributed by atoms with van der Waals surface area (Å²) in [6.07, 6.45) is 1.51. The monoisotopic (exact) mass is 439 g/mol. The van der Waals surface area contributed by atoms with Gasteiger partial charge in [0.1, 0.15) is 22.2 Å². The summed E-state index contributed by atoms with van der Waals surface area (Å²) in [5.41, 5.74) is 1.74. The Morgan fingerprint density at radius 2 is 2.03 bits per heavy atom. The molecule has 0 radical (unpaired) electrons. The molecule has 0 saturated heterocycles. The maximum atomic E-state index is 12.3. The summed E-state index contributed by atoms with van der Waals surface area (Å²) in [7, 11) is 0. The van der Waals surface area contributed by atoms with Crippen molar-refractivity contribution >= 4 is 56.8 Å². The molecule has 0 atom stereocenters. The molecule has 0 unspecified atom stereocenters. The number of hydrogen-bond donors (Lipinski definition) is 1. The first-order valence-corrected chi connectivity index (χ1v) is 10.00. The van der Waals surface area contributed by atoms with E-state index in [-0.39, 0.29) is 0 Å². The quantitative estimate of drug-likeness (QED) is 0.302. The van der Waals surface area contributed by atoms with Crippen molar-refractivity contribution in [3.05, 3.63) is 85.6 Å². The Labute approximate surface area is 179 Å². The minimum absolute atomic E-state index is 0.303. The van der Waals surface area contributed by atoms with Crippen LogP contribution in [-0.2, 0) is 0 Å². The van der Waals surface area contributed by atoms with E-state index in [1.807, 2.05) is 12.1 Å². The fourth-order valence-electron chi connectivity index (χ4n) is 2.66. The van der Waals surface area contributed by atoms with Gasteiger partial charge >= 0.3 is 5.63 Å². The topological polar surface area (TPSA) is 78.9 Å². The Hall–Kier alpha value is -3.11. The largest absolute Gasteiger partial charge is 0.422 e. The van der Waals surface area contributed by atoms with Crippen LogP contribution in [0.1, 0.15) is 5.01 Å². The van der Waals surface area contributed by atoms with Gasteiger partial charge in [0, 0.05) is 22.0 Å². The molecule has 0 aliphatic heterocycles. The van der Waals surface area contributed by atoms with Crippen LogP contribution < -0.4 is 10.9 Å². The first kappa shape index (κ1) is 19.2. The number of nitrogens with one attached hydrogen (secondary N) is 1. The average molecular weight is 440 g/mol. The van der Waals surface area contributed by atoms with Crippen molar-refractivity contribution in [3.8, 4) is 17.3 Å². The number of hydrogen-bond acceptors (Lipinski definition) is 6. The molecule has 142 valence electrons. The highest BCUT2D eigenvalue weighted by atomic mass is 35.5. The number of halogens is 2. The van der Waals surface area contributed by atoms with Crippen molar-refractivity contribution in [1.82, 2.24) is 4.98 Å². The number of nitrogens with zero attached hydrogens (tertiary/aromatic N) is 2. The van der Waals surface area contributed by atoms with Gasteiger partial charge in [-0.25, -0.2) is 9.78 Å². The van der Waals surface area contributed by atoms with E-state index in [0.29, 0.717) is 43.2 Å². The highest BCUT2D eigenvalue weighted by molar-refractivity contribution is 7.11. The van der Waals surface area contributed by atoms with Gasteiger partial charge in [-0.1, -0.05) is 41.4 Å². The number of para-hydroxylation sites is 1. The molecule has 8 heteroatoms.